The van der Waals surface area contributed by atoms with Gasteiger partial charge in [-0.3, -0.25) is 9.89 Å². The summed E-state index contributed by atoms with van der Waals surface area (Å²) in [7, 11) is 1.35. The first-order chi connectivity index (χ1) is 17.3. The van der Waals surface area contributed by atoms with Crippen molar-refractivity contribution in [3.05, 3.63) is 27.9 Å². The number of aromatic nitrogens is 2. The van der Waals surface area contributed by atoms with Crippen molar-refractivity contribution in [2.24, 2.45) is 10.7 Å². The number of halogens is 3. The number of anilines is 1. The fraction of sp³-hybridized carbons (Fsp3) is 0.560. The summed E-state index contributed by atoms with van der Waals surface area (Å²) in [6.07, 6.45) is 6.93. The third-order valence-electron chi connectivity index (χ3n) is 7.32. The fourth-order valence-corrected chi connectivity index (χ4v) is 6.06. The number of nitrogens with two attached hydrogens (primary N) is 1. The standard InChI is InChI=1S/C25H31BrF2N6O2/c1-15(29)12-16-13-33(9-5-8-30-16)23-17-21(19(27)18(26)20(28)22(17)35-2)31-24(32-23)36-14-25-6-3-10-34(25)11-4-7-25/h12H,3-11,13-14,29H2,1-2H3/b15-12-. The molecule has 0 saturated carbocycles. The van der Waals surface area contributed by atoms with Crippen LogP contribution in [-0.4, -0.2) is 72.6 Å². The van der Waals surface area contributed by atoms with Crippen LogP contribution in [-0.2, 0) is 0 Å². The molecule has 4 heterocycles. The molecule has 3 aliphatic rings. The predicted molar refractivity (Wildman–Crippen MR) is 139 cm³/mol. The highest BCUT2D eigenvalue weighted by atomic mass is 79.9. The molecule has 0 atom stereocenters. The maximum absolute atomic E-state index is 15.4. The fourth-order valence-electron chi connectivity index (χ4n) is 5.70. The van der Waals surface area contributed by atoms with Gasteiger partial charge >= 0.3 is 6.01 Å². The number of allylic oxidation sites excluding steroid dienone is 1. The molecule has 36 heavy (non-hydrogen) atoms. The number of benzene rings is 1. The summed E-state index contributed by atoms with van der Waals surface area (Å²) in [5.41, 5.74) is 7.22. The normalized spacial score (nSPS) is 20.4. The van der Waals surface area contributed by atoms with E-state index in [1.807, 2.05) is 11.0 Å². The molecule has 2 N–H and O–H groups in total. The van der Waals surface area contributed by atoms with Gasteiger partial charge in [-0.2, -0.15) is 9.97 Å². The molecule has 0 unspecified atom stereocenters. The van der Waals surface area contributed by atoms with E-state index in [1.165, 1.54) is 7.11 Å². The smallest absolute Gasteiger partial charge is 0.319 e. The number of nitrogens with zero attached hydrogens (tertiary/aromatic N) is 5. The van der Waals surface area contributed by atoms with E-state index in [1.54, 1.807) is 6.92 Å². The average molecular weight is 565 g/mol. The third-order valence-corrected chi connectivity index (χ3v) is 8.02. The molecular formula is C25H31BrF2N6O2. The van der Waals surface area contributed by atoms with E-state index in [9.17, 15) is 0 Å². The summed E-state index contributed by atoms with van der Waals surface area (Å²) in [4.78, 5) is 18.1. The molecule has 8 nitrogen and oxygen atoms in total. The second-order valence-electron chi connectivity index (χ2n) is 9.77. The maximum atomic E-state index is 15.4. The first-order valence-corrected chi connectivity index (χ1v) is 13.1. The van der Waals surface area contributed by atoms with Gasteiger partial charge in [-0.15, -0.1) is 0 Å². The van der Waals surface area contributed by atoms with Crippen LogP contribution in [0.25, 0.3) is 10.9 Å². The Morgan fingerprint density at radius 2 is 1.89 bits per heavy atom. The summed E-state index contributed by atoms with van der Waals surface area (Å²) >= 11 is 3.02. The van der Waals surface area contributed by atoms with E-state index in [0.29, 0.717) is 37.8 Å². The van der Waals surface area contributed by atoms with E-state index in [-0.39, 0.29) is 32.7 Å². The highest BCUT2D eigenvalue weighted by Crippen LogP contribution is 2.42. The molecule has 5 rings (SSSR count). The lowest BCUT2D eigenvalue weighted by atomic mass is 9.95. The Hall–Kier alpha value is -2.53. The first kappa shape index (κ1) is 25.1. The summed E-state index contributed by atoms with van der Waals surface area (Å²) in [6, 6.07) is 0.0679. The Kier molecular flexibility index (Phi) is 7.04. The van der Waals surface area contributed by atoms with Crippen molar-refractivity contribution in [3.8, 4) is 11.8 Å². The molecule has 11 heteroatoms. The van der Waals surface area contributed by atoms with Crippen molar-refractivity contribution in [3.63, 3.8) is 0 Å². The molecule has 194 valence electrons. The van der Waals surface area contributed by atoms with Crippen molar-refractivity contribution < 1.29 is 18.3 Å². The van der Waals surface area contributed by atoms with Crippen LogP contribution >= 0.6 is 15.9 Å². The molecule has 3 aliphatic heterocycles. The Balaban J connectivity index is 1.61. The van der Waals surface area contributed by atoms with Crippen molar-refractivity contribution in [1.29, 1.82) is 0 Å². The van der Waals surface area contributed by atoms with E-state index in [0.717, 1.165) is 50.9 Å². The number of methoxy groups -OCH3 is 1. The molecule has 2 saturated heterocycles. The molecule has 0 radical (unpaired) electrons. The monoisotopic (exact) mass is 564 g/mol. The van der Waals surface area contributed by atoms with Crippen LogP contribution in [0.1, 0.15) is 39.0 Å². The van der Waals surface area contributed by atoms with Gasteiger partial charge in [0.1, 0.15) is 17.9 Å². The number of rotatable bonds is 6. The largest absolute Gasteiger partial charge is 0.493 e. The maximum Gasteiger partial charge on any atom is 0.319 e. The molecular weight excluding hydrogens is 534 g/mol. The van der Waals surface area contributed by atoms with Crippen molar-refractivity contribution in [2.45, 2.75) is 44.6 Å². The van der Waals surface area contributed by atoms with Crippen molar-refractivity contribution >= 4 is 38.4 Å². The molecule has 2 aromatic rings. The predicted octanol–water partition coefficient (Wildman–Crippen LogP) is 4.20. The number of hydrogen-bond acceptors (Lipinski definition) is 8. The number of hydrogen-bond donors (Lipinski definition) is 1. The summed E-state index contributed by atoms with van der Waals surface area (Å²) < 4.78 is 41.8. The lowest BCUT2D eigenvalue weighted by Crippen LogP contribution is -2.43. The molecule has 0 bridgehead atoms. The minimum Gasteiger partial charge on any atom is -0.493 e. The molecule has 0 spiro atoms. The van der Waals surface area contributed by atoms with Gasteiger partial charge in [0.05, 0.1) is 34.8 Å². The molecule has 0 amide bonds. The quantitative estimate of drug-likeness (QED) is 0.526. The van der Waals surface area contributed by atoms with Gasteiger partial charge in [-0.25, -0.2) is 8.78 Å². The van der Waals surface area contributed by atoms with Gasteiger partial charge in [-0.1, -0.05) is 0 Å². The Bertz CT molecular complexity index is 1220. The van der Waals surface area contributed by atoms with Gasteiger partial charge in [0.15, 0.2) is 17.4 Å². The first-order valence-electron chi connectivity index (χ1n) is 12.3. The lowest BCUT2D eigenvalue weighted by Gasteiger charge is -2.31. The van der Waals surface area contributed by atoms with Crippen LogP contribution in [0.4, 0.5) is 14.6 Å². The third kappa shape index (κ3) is 4.51. The van der Waals surface area contributed by atoms with E-state index in [4.69, 9.17) is 20.2 Å². The van der Waals surface area contributed by atoms with Crippen LogP contribution in [0.5, 0.6) is 11.8 Å². The van der Waals surface area contributed by atoms with E-state index >= 15 is 8.78 Å². The highest BCUT2D eigenvalue weighted by Gasteiger charge is 2.45. The van der Waals surface area contributed by atoms with Crippen LogP contribution in [0, 0.1) is 11.6 Å². The Morgan fingerprint density at radius 3 is 2.58 bits per heavy atom. The second-order valence-corrected chi connectivity index (χ2v) is 10.6. The molecule has 0 aliphatic carbocycles. The van der Waals surface area contributed by atoms with Crippen LogP contribution in [0.2, 0.25) is 0 Å². The van der Waals surface area contributed by atoms with E-state index in [2.05, 4.69) is 30.8 Å². The Labute approximate surface area is 217 Å². The van der Waals surface area contributed by atoms with Crippen LogP contribution in [0.3, 0.4) is 0 Å². The summed E-state index contributed by atoms with van der Waals surface area (Å²) in [6.45, 7) is 5.93. The minimum atomic E-state index is -0.839. The summed E-state index contributed by atoms with van der Waals surface area (Å²) in [5.74, 6) is -1.43. The number of fused-ring (bicyclic) bond motifs is 2. The Morgan fingerprint density at radius 1 is 1.14 bits per heavy atom. The molecule has 2 fully saturated rings. The number of aliphatic imine (C=N–C) groups is 1. The van der Waals surface area contributed by atoms with Gasteiger partial charge in [-0.05, 0) is 74.1 Å². The van der Waals surface area contributed by atoms with Crippen LogP contribution < -0.4 is 20.1 Å². The minimum absolute atomic E-state index is 0.0238. The van der Waals surface area contributed by atoms with Gasteiger partial charge in [0, 0.05) is 18.8 Å². The van der Waals surface area contributed by atoms with Gasteiger partial charge in [0.25, 0.3) is 0 Å². The molecule has 1 aromatic carbocycles. The van der Waals surface area contributed by atoms with Crippen molar-refractivity contribution in [1.82, 2.24) is 14.9 Å². The zero-order valence-corrected chi connectivity index (χ0v) is 22.2. The summed E-state index contributed by atoms with van der Waals surface area (Å²) in [5, 5.41) is 0.166. The van der Waals surface area contributed by atoms with Gasteiger partial charge in [0.2, 0.25) is 0 Å². The van der Waals surface area contributed by atoms with Gasteiger partial charge < -0.3 is 20.1 Å². The zero-order chi connectivity index (χ0) is 25.4. The topological polar surface area (TPSA) is 89.1 Å². The lowest BCUT2D eigenvalue weighted by molar-refractivity contribution is 0.108. The highest BCUT2D eigenvalue weighted by molar-refractivity contribution is 9.10. The zero-order valence-electron chi connectivity index (χ0n) is 20.6. The van der Waals surface area contributed by atoms with E-state index < -0.39 is 11.6 Å². The van der Waals surface area contributed by atoms with Crippen molar-refractivity contribution in [2.75, 3.05) is 51.3 Å². The van der Waals surface area contributed by atoms with Crippen LogP contribution in [0.15, 0.2) is 21.2 Å². The molecule has 1 aromatic heterocycles. The second kappa shape index (κ2) is 10.1. The average Bonchev–Trinajstić information content (AvgIpc) is 3.35. The SMILES string of the molecule is COc1c(F)c(Br)c(F)c2nc(OCC34CCCN3CCC4)nc(N3CCCN=C(/C=C(/C)N)C3)c12. The number of ether oxygens (including phenoxy) is 2.